The van der Waals surface area contributed by atoms with Crippen LogP contribution >= 0.6 is 0 Å². The van der Waals surface area contributed by atoms with Gasteiger partial charge >= 0.3 is 0 Å². The van der Waals surface area contributed by atoms with E-state index in [0.717, 1.165) is 29.6 Å². The van der Waals surface area contributed by atoms with Crippen molar-refractivity contribution in [2.75, 3.05) is 40.8 Å². The minimum atomic E-state index is 0. The van der Waals surface area contributed by atoms with Crippen molar-refractivity contribution in [1.82, 2.24) is 5.32 Å². The van der Waals surface area contributed by atoms with E-state index in [1.807, 2.05) is 5.94 Å². The molecule has 0 aromatic carbocycles. The van der Waals surface area contributed by atoms with E-state index >= 15 is 0 Å². The largest absolute Gasteiger partial charge is 1.00 e. The molecule has 84 valence electrons. The lowest BCUT2D eigenvalue weighted by atomic mass is 10.3. The van der Waals surface area contributed by atoms with Crippen molar-refractivity contribution in [3.05, 3.63) is 5.57 Å². The van der Waals surface area contributed by atoms with Crippen molar-refractivity contribution in [2.45, 2.75) is 13.3 Å². The third kappa shape index (κ3) is 11.7. The molecule has 0 bridgehead atoms. The summed E-state index contributed by atoms with van der Waals surface area (Å²) >= 11 is 0. The maximum Gasteiger partial charge on any atom is 0.124 e. The van der Waals surface area contributed by atoms with Crippen LogP contribution in [-0.2, 0) is 4.79 Å². The maximum absolute atomic E-state index is 10.1. The van der Waals surface area contributed by atoms with E-state index in [0.29, 0.717) is 6.54 Å². The molecule has 0 spiro atoms. The molecule has 0 fully saturated rings. The summed E-state index contributed by atoms with van der Waals surface area (Å²) in [5, 5.41) is 3.20. The van der Waals surface area contributed by atoms with Gasteiger partial charge in [-0.05, 0) is 6.92 Å². The number of halogens is 1. The number of quaternary nitrogens is 1. The first-order valence-corrected chi connectivity index (χ1v) is 4.67. The number of rotatable bonds is 6. The third-order valence-electron chi connectivity index (χ3n) is 1.75. The van der Waals surface area contributed by atoms with Crippen molar-refractivity contribution in [1.29, 1.82) is 0 Å². The minimum absolute atomic E-state index is 0. The molecule has 0 amide bonds. The second kappa shape index (κ2) is 8.01. The normalized spacial score (nSPS) is 10.3. The van der Waals surface area contributed by atoms with Crippen LogP contribution in [-0.4, -0.2) is 51.2 Å². The Labute approximate surface area is 93.2 Å². The quantitative estimate of drug-likeness (QED) is 0.304. The van der Waals surface area contributed by atoms with Gasteiger partial charge in [0.2, 0.25) is 0 Å². The average Bonchev–Trinajstić information content (AvgIpc) is 2.01. The Morgan fingerprint density at radius 1 is 1.36 bits per heavy atom. The van der Waals surface area contributed by atoms with Gasteiger partial charge in [-0.2, -0.15) is 0 Å². The Balaban J connectivity index is 0. The van der Waals surface area contributed by atoms with Crippen molar-refractivity contribution < 1.29 is 21.7 Å². The molecule has 0 saturated carbocycles. The van der Waals surface area contributed by atoms with Crippen LogP contribution in [0.15, 0.2) is 5.57 Å². The number of carbonyl (C=O) groups excluding carboxylic acids is 1. The highest BCUT2D eigenvalue weighted by atomic mass is 35.5. The van der Waals surface area contributed by atoms with Crippen LogP contribution in [0.2, 0.25) is 0 Å². The van der Waals surface area contributed by atoms with Crippen molar-refractivity contribution in [2.24, 2.45) is 0 Å². The summed E-state index contributed by atoms with van der Waals surface area (Å²) in [5.41, 5.74) is 0.741. The second-order valence-electron chi connectivity index (χ2n) is 4.43. The van der Waals surface area contributed by atoms with Crippen LogP contribution in [0.3, 0.4) is 0 Å². The van der Waals surface area contributed by atoms with Crippen LogP contribution < -0.4 is 17.7 Å². The van der Waals surface area contributed by atoms with Gasteiger partial charge in [0.1, 0.15) is 5.94 Å². The molecule has 0 aromatic rings. The molecule has 0 aliphatic heterocycles. The van der Waals surface area contributed by atoms with Gasteiger partial charge in [-0.15, -0.1) is 0 Å². The van der Waals surface area contributed by atoms with Gasteiger partial charge in [0, 0.05) is 25.1 Å². The highest BCUT2D eigenvalue weighted by molar-refractivity contribution is 5.51. The molecule has 0 rings (SSSR count). The Morgan fingerprint density at radius 2 is 1.93 bits per heavy atom. The van der Waals surface area contributed by atoms with E-state index in [1.54, 1.807) is 6.92 Å². The predicted octanol–water partition coefficient (Wildman–Crippen LogP) is -2.55. The summed E-state index contributed by atoms with van der Waals surface area (Å²) < 4.78 is 0.990. The average molecular weight is 221 g/mol. The first kappa shape index (κ1) is 16.1. The molecular formula is C10H21ClN2O. The summed E-state index contributed by atoms with van der Waals surface area (Å²) in [4.78, 5) is 10.1. The molecule has 3 nitrogen and oxygen atoms in total. The first-order valence-electron chi connectivity index (χ1n) is 4.67. The van der Waals surface area contributed by atoms with Gasteiger partial charge in [-0.25, -0.2) is 4.79 Å². The van der Waals surface area contributed by atoms with E-state index in [1.165, 1.54) is 0 Å². The van der Waals surface area contributed by atoms with Gasteiger partial charge in [0.15, 0.2) is 0 Å². The van der Waals surface area contributed by atoms with Crippen LogP contribution in [0, 0.1) is 0 Å². The fourth-order valence-electron chi connectivity index (χ4n) is 0.990. The highest BCUT2D eigenvalue weighted by Crippen LogP contribution is 1.92. The molecule has 0 radical (unpaired) electrons. The molecule has 0 heterocycles. The zero-order valence-electron chi connectivity index (χ0n) is 9.56. The topological polar surface area (TPSA) is 29.1 Å². The number of hydrogen-bond acceptors (Lipinski definition) is 2. The standard InChI is InChI=1S/C10H21N2O.ClH/c1-10(9-13)8-11-6-5-7-12(2,3)4;/h11H,5-8H2,1-4H3;1H/q+1;/p-1. The molecule has 1 N–H and O–H groups in total. The molecule has 4 heteroatoms. The van der Waals surface area contributed by atoms with Crippen LogP contribution in [0.4, 0.5) is 0 Å². The smallest absolute Gasteiger partial charge is 0.124 e. The van der Waals surface area contributed by atoms with E-state index < -0.39 is 0 Å². The van der Waals surface area contributed by atoms with Gasteiger partial charge in [0.25, 0.3) is 0 Å². The molecular weight excluding hydrogens is 200 g/mol. The lowest BCUT2D eigenvalue weighted by molar-refractivity contribution is -0.870. The molecule has 0 unspecified atom stereocenters. The van der Waals surface area contributed by atoms with E-state index in [9.17, 15) is 4.79 Å². The third-order valence-corrected chi connectivity index (χ3v) is 1.75. The van der Waals surface area contributed by atoms with E-state index in [-0.39, 0.29) is 12.4 Å². The number of nitrogens with one attached hydrogen (secondary N) is 1. The van der Waals surface area contributed by atoms with Gasteiger partial charge < -0.3 is 22.2 Å². The number of hydrogen-bond donors (Lipinski definition) is 1. The van der Waals surface area contributed by atoms with Crippen molar-refractivity contribution >= 4 is 5.94 Å². The van der Waals surface area contributed by atoms with Gasteiger partial charge in [0.05, 0.1) is 27.7 Å². The zero-order chi connectivity index (χ0) is 10.3. The van der Waals surface area contributed by atoms with Gasteiger partial charge in [-0.1, -0.05) is 0 Å². The van der Waals surface area contributed by atoms with Crippen LogP contribution in [0.25, 0.3) is 0 Å². The van der Waals surface area contributed by atoms with Crippen LogP contribution in [0.5, 0.6) is 0 Å². The summed E-state index contributed by atoms with van der Waals surface area (Å²) in [7, 11) is 6.53. The Kier molecular flexibility index (Phi) is 9.21. The molecule has 0 aliphatic rings. The summed E-state index contributed by atoms with van der Waals surface area (Å²) in [6, 6.07) is 0. The summed E-state index contributed by atoms with van der Waals surface area (Å²) in [5.74, 6) is 1.87. The highest BCUT2D eigenvalue weighted by Gasteiger charge is 2.04. The van der Waals surface area contributed by atoms with Crippen molar-refractivity contribution in [3.63, 3.8) is 0 Å². The first-order chi connectivity index (χ1) is 5.95. The van der Waals surface area contributed by atoms with Crippen LogP contribution in [0.1, 0.15) is 13.3 Å². The maximum atomic E-state index is 10.1. The zero-order valence-corrected chi connectivity index (χ0v) is 10.3. The summed E-state index contributed by atoms with van der Waals surface area (Å²) in [6.07, 6.45) is 1.13. The van der Waals surface area contributed by atoms with E-state index in [2.05, 4.69) is 26.5 Å². The minimum Gasteiger partial charge on any atom is -1.00 e. The number of nitrogens with zero attached hydrogens (tertiary/aromatic N) is 1. The molecule has 0 atom stereocenters. The van der Waals surface area contributed by atoms with Crippen molar-refractivity contribution in [3.8, 4) is 0 Å². The SMILES string of the molecule is CC(=C=O)CNCCC[N+](C)(C)C.[Cl-]. The Bertz CT molecular complexity index is 193. The second-order valence-corrected chi connectivity index (χ2v) is 4.43. The molecule has 14 heavy (non-hydrogen) atoms. The molecule has 0 saturated heterocycles. The monoisotopic (exact) mass is 220 g/mol. The molecule has 0 aliphatic carbocycles. The fraction of sp³-hybridized carbons (Fsp3) is 0.800. The van der Waals surface area contributed by atoms with Gasteiger partial charge in [-0.3, -0.25) is 0 Å². The lowest BCUT2D eigenvalue weighted by Gasteiger charge is -2.23. The van der Waals surface area contributed by atoms with E-state index in [4.69, 9.17) is 0 Å². The molecule has 0 aromatic heterocycles. The predicted molar refractivity (Wildman–Crippen MR) is 55.3 cm³/mol. The Hall–Kier alpha value is -0.340. The Morgan fingerprint density at radius 3 is 2.36 bits per heavy atom. The fourth-order valence-corrected chi connectivity index (χ4v) is 0.990. The lowest BCUT2D eigenvalue weighted by Crippen LogP contribution is -3.00. The summed E-state index contributed by atoms with van der Waals surface area (Å²) in [6.45, 7) is 4.58.